The number of amides is 1. The van der Waals surface area contributed by atoms with E-state index in [1.165, 1.54) is 32.1 Å². The van der Waals surface area contributed by atoms with Gasteiger partial charge in [-0.3, -0.25) is 4.79 Å². The molecule has 1 amide bonds. The molecule has 0 spiro atoms. The topological polar surface area (TPSA) is 46.9 Å². The van der Waals surface area contributed by atoms with Crippen molar-refractivity contribution in [3.05, 3.63) is 17.7 Å². The van der Waals surface area contributed by atoms with E-state index in [1.807, 2.05) is 0 Å². The summed E-state index contributed by atoms with van der Waals surface area (Å²) in [5.41, 5.74) is 0. The molecule has 0 aromatic carbocycles. The second-order valence-electron chi connectivity index (χ2n) is 4.93. The lowest BCUT2D eigenvalue weighted by Gasteiger charge is -2.21. The van der Waals surface area contributed by atoms with Crippen LogP contribution in [0.15, 0.2) is 12.4 Å². The summed E-state index contributed by atoms with van der Waals surface area (Å²) in [5, 5.41) is 3.47. The smallest absolute Gasteiger partial charge is 0.240 e. The van der Waals surface area contributed by atoms with Gasteiger partial charge in [0, 0.05) is 18.4 Å². The number of hydrogen-bond acceptors (Lipinski definition) is 2. The van der Waals surface area contributed by atoms with E-state index in [1.54, 1.807) is 17.0 Å². The van der Waals surface area contributed by atoms with Gasteiger partial charge in [-0.25, -0.2) is 4.98 Å². The van der Waals surface area contributed by atoms with Crippen LogP contribution in [0.4, 0.5) is 0 Å². The second-order valence-corrected chi connectivity index (χ2v) is 5.27. The highest BCUT2D eigenvalue weighted by atomic mass is 35.5. The highest BCUT2D eigenvalue weighted by molar-refractivity contribution is 6.28. The Hall–Kier alpha value is -1.03. The number of hydrogen-bond donors (Lipinski definition) is 1. The molecule has 1 aromatic rings. The predicted molar refractivity (Wildman–Crippen MR) is 71.5 cm³/mol. The van der Waals surface area contributed by atoms with E-state index in [-0.39, 0.29) is 12.5 Å². The number of carbonyl (C=O) groups is 1. The van der Waals surface area contributed by atoms with Crippen LogP contribution in [0.3, 0.4) is 0 Å². The maximum atomic E-state index is 11.9. The largest absolute Gasteiger partial charge is 0.352 e. The van der Waals surface area contributed by atoms with Crippen LogP contribution in [0.2, 0.25) is 5.28 Å². The standard InChI is InChI=1S/C13H20ClN3O/c14-13-15-8-9-17(13)10-12(18)16-11-6-4-2-1-3-5-7-11/h8-9,11H,1-7,10H2,(H,16,18). The number of nitrogens with zero attached hydrogens (tertiary/aromatic N) is 2. The Kier molecular flexibility index (Phi) is 5.05. The molecule has 1 N–H and O–H groups in total. The summed E-state index contributed by atoms with van der Waals surface area (Å²) in [6, 6.07) is 0.333. The first-order chi connectivity index (χ1) is 8.75. The van der Waals surface area contributed by atoms with Gasteiger partial charge in [-0.15, -0.1) is 0 Å². The molecule has 0 atom stereocenters. The molecule has 18 heavy (non-hydrogen) atoms. The van der Waals surface area contributed by atoms with E-state index in [9.17, 15) is 4.79 Å². The van der Waals surface area contributed by atoms with Crippen molar-refractivity contribution in [2.75, 3.05) is 0 Å². The van der Waals surface area contributed by atoms with Gasteiger partial charge in [-0.1, -0.05) is 32.1 Å². The lowest BCUT2D eigenvalue weighted by Crippen LogP contribution is -2.37. The summed E-state index contributed by atoms with van der Waals surface area (Å²) in [4.78, 5) is 15.8. The molecule has 0 bridgehead atoms. The van der Waals surface area contributed by atoms with Crippen molar-refractivity contribution in [2.45, 2.75) is 57.5 Å². The monoisotopic (exact) mass is 269 g/mol. The molecule has 5 heteroatoms. The molecule has 0 saturated heterocycles. The summed E-state index contributed by atoms with van der Waals surface area (Å²) < 4.78 is 1.65. The number of imidazole rings is 1. The van der Waals surface area contributed by atoms with E-state index in [4.69, 9.17) is 11.6 Å². The zero-order valence-electron chi connectivity index (χ0n) is 10.6. The predicted octanol–water partition coefficient (Wildman–Crippen LogP) is 2.77. The molecular weight excluding hydrogens is 250 g/mol. The molecule has 2 rings (SSSR count). The Balaban J connectivity index is 1.80. The van der Waals surface area contributed by atoms with Crippen molar-refractivity contribution in [1.29, 1.82) is 0 Å². The first-order valence-corrected chi connectivity index (χ1v) is 7.09. The molecule has 1 heterocycles. The minimum Gasteiger partial charge on any atom is -0.352 e. The van der Waals surface area contributed by atoms with Gasteiger partial charge < -0.3 is 9.88 Å². The Bertz CT molecular complexity index is 383. The van der Waals surface area contributed by atoms with E-state index >= 15 is 0 Å². The number of nitrogens with one attached hydrogen (secondary N) is 1. The van der Waals surface area contributed by atoms with Crippen LogP contribution in [-0.2, 0) is 11.3 Å². The zero-order chi connectivity index (χ0) is 12.8. The molecule has 1 fully saturated rings. The number of carbonyl (C=O) groups excluding carboxylic acids is 1. The highest BCUT2D eigenvalue weighted by Gasteiger charge is 2.14. The summed E-state index contributed by atoms with van der Waals surface area (Å²) in [6.07, 6.45) is 11.9. The number of aromatic nitrogens is 2. The van der Waals surface area contributed by atoms with Gasteiger partial charge in [0.05, 0.1) is 0 Å². The molecule has 0 unspecified atom stereocenters. The Morgan fingerprint density at radius 3 is 2.61 bits per heavy atom. The van der Waals surface area contributed by atoms with Gasteiger partial charge in [-0.05, 0) is 24.4 Å². The van der Waals surface area contributed by atoms with Gasteiger partial charge in [0.25, 0.3) is 0 Å². The van der Waals surface area contributed by atoms with E-state index < -0.39 is 0 Å². The van der Waals surface area contributed by atoms with E-state index in [0.29, 0.717) is 11.3 Å². The van der Waals surface area contributed by atoms with Crippen molar-refractivity contribution in [3.8, 4) is 0 Å². The van der Waals surface area contributed by atoms with Gasteiger partial charge in [0.15, 0.2) is 0 Å². The molecule has 100 valence electrons. The first-order valence-electron chi connectivity index (χ1n) is 6.72. The molecular formula is C13H20ClN3O. The average Bonchev–Trinajstić information content (AvgIpc) is 2.68. The summed E-state index contributed by atoms with van der Waals surface area (Å²) in [7, 11) is 0. The normalized spacial score (nSPS) is 18.1. The minimum atomic E-state index is 0.0282. The Labute approximate surface area is 113 Å². The third-order valence-electron chi connectivity index (χ3n) is 3.45. The lowest BCUT2D eigenvalue weighted by atomic mass is 9.97. The van der Waals surface area contributed by atoms with Crippen molar-refractivity contribution in [2.24, 2.45) is 0 Å². The third-order valence-corrected chi connectivity index (χ3v) is 3.76. The van der Waals surface area contributed by atoms with Crippen LogP contribution in [0, 0.1) is 0 Å². The fraction of sp³-hybridized carbons (Fsp3) is 0.692. The SMILES string of the molecule is O=C(Cn1ccnc1Cl)NC1CCCCCCC1. The van der Waals surface area contributed by atoms with Crippen LogP contribution >= 0.6 is 11.6 Å². The molecule has 4 nitrogen and oxygen atoms in total. The first kappa shape index (κ1) is 13.4. The minimum absolute atomic E-state index is 0.0282. The maximum absolute atomic E-state index is 11.9. The van der Waals surface area contributed by atoms with Crippen molar-refractivity contribution < 1.29 is 4.79 Å². The zero-order valence-corrected chi connectivity index (χ0v) is 11.3. The van der Waals surface area contributed by atoms with Gasteiger partial charge >= 0.3 is 0 Å². The van der Waals surface area contributed by atoms with Crippen LogP contribution in [0.1, 0.15) is 44.9 Å². The van der Waals surface area contributed by atoms with Gasteiger partial charge in [0.2, 0.25) is 11.2 Å². The van der Waals surface area contributed by atoms with Gasteiger partial charge in [0.1, 0.15) is 6.54 Å². The van der Waals surface area contributed by atoms with Crippen molar-refractivity contribution >= 4 is 17.5 Å². The fourth-order valence-electron chi connectivity index (χ4n) is 2.46. The Morgan fingerprint density at radius 1 is 1.33 bits per heavy atom. The molecule has 0 aliphatic heterocycles. The average molecular weight is 270 g/mol. The highest BCUT2D eigenvalue weighted by Crippen LogP contribution is 2.17. The number of halogens is 1. The molecule has 0 radical (unpaired) electrons. The van der Waals surface area contributed by atoms with Crippen LogP contribution < -0.4 is 5.32 Å². The van der Waals surface area contributed by atoms with Crippen molar-refractivity contribution in [1.82, 2.24) is 14.9 Å². The summed E-state index contributed by atoms with van der Waals surface area (Å²) >= 11 is 5.85. The number of rotatable bonds is 3. The van der Waals surface area contributed by atoms with Crippen LogP contribution in [-0.4, -0.2) is 21.5 Å². The maximum Gasteiger partial charge on any atom is 0.240 e. The van der Waals surface area contributed by atoms with Gasteiger partial charge in [-0.2, -0.15) is 0 Å². The Morgan fingerprint density at radius 2 is 2.00 bits per heavy atom. The van der Waals surface area contributed by atoms with E-state index in [0.717, 1.165) is 12.8 Å². The fourth-order valence-corrected chi connectivity index (χ4v) is 2.63. The van der Waals surface area contributed by atoms with Crippen LogP contribution in [0.25, 0.3) is 0 Å². The lowest BCUT2D eigenvalue weighted by molar-refractivity contribution is -0.122. The van der Waals surface area contributed by atoms with E-state index in [2.05, 4.69) is 10.3 Å². The quantitative estimate of drug-likeness (QED) is 0.917. The molecule has 1 aliphatic rings. The van der Waals surface area contributed by atoms with Crippen molar-refractivity contribution in [3.63, 3.8) is 0 Å². The molecule has 1 aliphatic carbocycles. The van der Waals surface area contributed by atoms with Crippen LogP contribution in [0.5, 0.6) is 0 Å². The summed E-state index contributed by atoms with van der Waals surface area (Å²) in [5.74, 6) is 0.0282. The summed E-state index contributed by atoms with van der Waals surface area (Å²) in [6.45, 7) is 0.259. The third kappa shape index (κ3) is 4.02. The second kappa shape index (κ2) is 6.78. The molecule has 1 saturated carbocycles. The molecule has 1 aromatic heterocycles.